The van der Waals surface area contributed by atoms with E-state index >= 15 is 0 Å². The molecule has 0 radical (unpaired) electrons. The first-order valence-electron chi connectivity index (χ1n) is 11.5. The van der Waals surface area contributed by atoms with Gasteiger partial charge in [0, 0.05) is 31.5 Å². The number of nitrogens with zero attached hydrogens (tertiary/aromatic N) is 5. The third-order valence-electron chi connectivity index (χ3n) is 6.10. The molecule has 4 heterocycles. The maximum Gasteiger partial charge on any atom is 0.251 e. The molecule has 0 bridgehead atoms. The standard InChI is InChI=1S/C25H27N7O4/c1-13-7-14(2)9-15(8-13)10-28-22-17-23(31-21(30-22)16-5-4-6-27-11-16)32(12-29-17)25-19(34)18(33)20(36-25)24(35)26-3/h4-9,11-12,18-20,25,33-34H,10H2,1-3H3,(H,26,35)(H,28,30,31)/t18-,19+,20-,25+/m0/s1. The van der Waals surface area contributed by atoms with Gasteiger partial charge in [-0.1, -0.05) is 29.3 Å². The summed E-state index contributed by atoms with van der Waals surface area (Å²) in [5.41, 5.74) is 4.94. The highest BCUT2D eigenvalue weighted by Crippen LogP contribution is 2.33. The molecular formula is C25H27N7O4. The second-order valence-electron chi connectivity index (χ2n) is 8.85. The van der Waals surface area contributed by atoms with Crippen molar-refractivity contribution < 1.29 is 19.7 Å². The van der Waals surface area contributed by atoms with E-state index in [1.165, 1.54) is 17.9 Å². The minimum Gasteiger partial charge on any atom is -0.387 e. The predicted octanol–water partition coefficient (Wildman–Crippen LogP) is 1.48. The van der Waals surface area contributed by atoms with Gasteiger partial charge < -0.3 is 25.6 Å². The molecule has 4 atom stereocenters. The number of benzene rings is 1. The van der Waals surface area contributed by atoms with E-state index in [0.717, 1.165) is 16.7 Å². The summed E-state index contributed by atoms with van der Waals surface area (Å²) >= 11 is 0. The van der Waals surface area contributed by atoms with Gasteiger partial charge in [-0.25, -0.2) is 15.0 Å². The molecule has 1 amide bonds. The number of carbonyl (C=O) groups excluding carboxylic acids is 1. The number of aliphatic hydroxyl groups is 2. The van der Waals surface area contributed by atoms with E-state index in [2.05, 4.69) is 57.6 Å². The van der Waals surface area contributed by atoms with Crippen LogP contribution in [0.2, 0.25) is 0 Å². The Morgan fingerprint density at radius 3 is 2.61 bits per heavy atom. The van der Waals surface area contributed by atoms with Crippen LogP contribution in [0, 0.1) is 13.8 Å². The number of ether oxygens (including phenoxy) is 1. The van der Waals surface area contributed by atoms with E-state index in [1.807, 2.05) is 6.07 Å². The number of imidazole rings is 1. The van der Waals surface area contributed by atoms with E-state index < -0.39 is 30.4 Å². The summed E-state index contributed by atoms with van der Waals surface area (Å²) in [6.45, 7) is 4.61. The Balaban J connectivity index is 1.57. The second kappa shape index (κ2) is 9.61. The Hall–Kier alpha value is -3.93. The highest BCUT2D eigenvalue weighted by molar-refractivity contribution is 5.85. The van der Waals surface area contributed by atoms with Crippen molar-refractivity contribution in [2.45, 2.75) is 44.9 Å². The lowest BCUT2D eigenvalue weighted by atomic mass is 10.1. The Bertz CT molecular complexity index is 1390. The number of hydrogen-bond donors (Lipinski definition) is 4. The zero-order valence-corrected chi connectivity index (χ0v) is 20.1. The Morgan fingerprint density at radius 1 is 1.14 bits per heavy atom. The molecule has 4 aromatic rings. The lowest BCUT2D eigenvalue weighted by molar-refractivity contribution is -0.137. The van der Waals surface area contributed by atoms with Gasteiger partial charge in [0.25, 0.3) is 5.91 Å². The molecule has 186 valence electrons. The normalized spacial score (nSPS) is 21.6. The lowest BCUT2D eigenvalue weighted by Crippen LogP contribution is -2.41. The summed E-state index contributed by atoms with van der Waals surface area (Å²) < 4.78 is 7.26. The van der Waals surface area contributed by atoms with Gasteiger partial charge in [-0.15, -0.1) is 0 Å². The fraction of sp³-hybridized carbons (Fsp3) is 0.320. The molecule has 1 aliphatic heterocycles. The van der Waals surface area contributed by atoms with Crippen LogP contribution >= 0.6 is 0 Å². The van der Waals surface area contributed by atoms with Gasteiger partial charge in [0.05, 0.1) is 6.33 Å². The van der Waals surface area contributed by atoms with Crippen LogP contribution in [-0.2, 0) is 16.1 Å². The van der Waals surface area contributed by atoms with E-state index in [9.17, 15) is 15.0 Å². The zero-order valence-electron chi connectivity index (χ0n) is 20.1. The summed E-state index contributed by atoms with van der Waals surface area (Å²) in [6, 6.07) is 9.94. The fourth-order valence-electron chi connectivity index (χ4n) is 4.46. The molecule has 0 aliphatic carbocycles. The van der Waals surface area contributed by atoms with E-state index in [1.54, 1.807) is 18.5 Å². The molecule has 0 unspecified atom stereocenters. The number of carbonyl (C=O) groups is 1. The number of aryl methyl sites for hydroxylation is 2. The average molecular weight is 490 g/mol. The minimum absolute atomic E-state index is 0.376. The Morgan fingerprint density at radius 2 is 1.92 bits per heavy atom. The topological polar surface area (TPSA) is 147 Å². The minimum atomic E-state index is -1.41. The van der Waals surface area contributed by atoms with Crippen molar-refractivity contribution in [1.29, 1.82) is 0 Å². The summed E-state index contributed by atoms with van der Waals surface area (Å²) in [5, 5.41) is 26.9. The van der Waals surface area contributed by atoms with E-state index in [4.69, 9.17) is 9.72 Å². The van der Waals surface area contributed by atoms with E-state index in [-0.39, 0.29) is 0 Å². The summed E-state index contributed by atoms with van der Waals surface area (Å²) in [5.74, 6) is 0.360. The van der Waals surface area contributed by atoms with Gasteiger partial charge >= 0.3 is 0 Å². The Labute approximate surface area is 207 Å². The zero-order chi connectivity index (χ0) is 25.4. The molecule has 1 saturated heterocycles. The van der Waals surface area contributed by atoms with Gasteiger partial charge in [-0.2, -0.15) is 0 Å². The van der Waals surface area contributed by atoms with Gasteiger partial charge in [-0.05, 0) is 31.5 Å². The molecular weight excluding hydrogens is 462 g/mol. The van der Waals surface area contributed by atoms with E-state index in [0.29, 0.717) is 34.9 Å². The molecule has 5 rings (SSSR count). The maximum atomic E-state index is 12.1. The number of aromatic nitrogens is 5. The largest absolute Gasteiger partial charge is 0.387 e. The smallest absolute Gasteiger partial charge is 0.251 e. The van der Waals surface area contributed by atoms with Crippen molar-refractivity contribution in [1.82, 2.24) is 29.8 Å². The Kier molecular flexibility index (Phi) is 6.35. The maximum absolute atomic E-state index is 12.1. The van der Waals surface area contributed by atoms with Crippen molar-refractivity contribution in [3.63, 3.8) is 0 Å². The molecule has 36 heavy (non-hydrogen) atoms. The van der Waals surface area contributed by atoms with Gasteiger partial charge in [0.15, 0.2) is 35.1 Å². The predicted molar refractivity (Wildman–Crippen MR) is 132 cm³/mol. The number of aliphatic hydroxyl groups excluding tert-OH is 2. The van der Waals surface area contributed by atoms with Crippen molar-refractivity contribution in [3.8, 4) is 11.4 Å². The molecule has 1 aliphatic rings. The van der Waals surface area contributed by atoms with Crippen LogP contribution in [0.3, 0.4) is 0 Å². The number of hydrogen-bond acceptors (Lipinski definition) is 9. The van der Waals surface area contributed by atoms with Crippen LogP contribution < -0.4 is 10.6 Å². The first kappa shape index (κ1) is 23.8. The highest BCUT2D eigenvalue weighted by Gasteiger charge is 2.47. The molecule has 3 aromatic heterocycles. The van der Waals surface area contributed by atoms with Crippen LogP contribution in [0.15, 0.2) is 49.1 Å². The molecule has 11 nitrogen and oxygen atoms in total. The van der Waals surface area contributed by atoms with Crippen molar-refractivity contribution in [3.05, 3.63) is 65.7 Å². The number of nitrogens with one attached hydrogen (secondary N) is 2. The number of likely N-dealkylation sites (N-methyl/N-ethyl adjacent to an activating group) is 1. The molecule has 11 heteroatoms. The third kappa shape index (κ3) is 4.39. The quantitative estimate of drug-likeness (QED) is 0.316. The first-order chi connectivity index (χ1) is 17.4. The number of anilines is 1. The number of fused-ring (bicyclic) bond motifs is 1. The molecule has 0 spiro atoms. The van der Waals surface area contributed by atoms with Gasteiger partial charge in [0.1, 0.15) is 12.2 Å². The monoisotopic (exact) mass is 489 g/mol. The van der Waals surface area contributed by atoms with Crippen LogP contribution in [0.25, 0.3) is 22.6 Å². The van der Waals surface area contributed by atoms with Crippen LogP contribution in [0.1, 0.15) is 22.9 Å². The van der Waals surface area contributed by atoms with Crippen molar-refractivity contribution >= 4 is 22.9 Å². The lowest BCUT2D eigenvalue weighted by Gasteiger charge is -2.17. The SMILES string of the molecule is CNC(=O)[C@H]1O[C@@H](n2cnc3c(NCc4cc(C)cc(C)c4)nc(-c4cccnc4)nc32)[C@H](O)[C@@H]1O. The van der Waals surface area contributed by atoms with Crippen LogP contribution in [0.4, 0.5) is 5.82 Å². The summed E-state index contributed by atoms with van der Waals surface area (Å²) in [4.78, 5) is 30.2. The fourth-order valence-corrected chi connectivity index (χ4v) is 4.46. The average Bonchev–Trinajstić information content (AvgIpc) is 3.42. The highest BCUT2D eigenvalue weighted by atomic mass is 16.6. The third-order valence-corrected chi connectivity index (χ3v) is 6.10. The van der Waals surface area contributed by atoms with Crippen molar-refractivity contribution in [2.75, 3.05) is 12.4 Å². The molecule has 1 fully saturated rings. The van der Waals surface area contributed by atoms with Gasteiger partial charge in [-0.3, -0.25) is 14.3 Å². The van der Waals surface area contributed by atoms with Crippen LogP contribution in [0.5, 0.6) is 0 Å². The number of rotatable bonds is 6. The number of amides is 1. The molecule has 4 N–H and O–H groups in total. The van der Waals surface area contributed by atoms with Crippen LogP contribution in [-0.4, -0.2) is 66.0 Å². The first-order valence-corrected chi connectivity index (χ1v) is 11.5. The number of pyridine rings is 1. The summed E-state index contributed by atoms with van der Waals surface area (Å²) in [6.07, 6.45) is -0.301. The van der Waals surface area contributed by atoms with Crippen molar-refractivity contribution in [2.24, 2.45) is 0 Å². The second-order valence-corrected chi connectivity index (χ2v) is 8.85. The molecule has 0 saturated carbocycles. The van der Waals surface area contributed by atoms with Gasteiger partial charge in [0.2, 0.25) is 0 Å². The molecule has 1 aromatic carbocycles. The summed E-state index contributed by atoms with van der Waals surface area (Å²) in [7, 11) is 1.44.